The Morgan fingerprint density at radius 3 is 2.59 bits per heavy atom. The number of nitrogens with zero attached hydrogens (tertiary/aromatic N) is 5. The first-order chi connectivity index (χ1) is 14.2. The zero-order valence-electron chi connectivity index (χ0n) is 16.9. The number of hydrogen-bond acceptors (Lipinski definition) is 4. The van der Waals surface area contributed by atoms with Gasteiger partial charge in [-0.15, -0.1) is 0 Å². The van der Waals surface area contributed by atoms with Crippen molar-refractivity contribution >= 4 is 11.0 Å². The minimum absolute atomic E-state index is 0.381. The third kappa shape index (κ3) is 3.42. The van der Waals surface area contributed by atoms with Crippen molar-refractivity contribution in [3.8, 4) is 11.4 Å². The van der Waals surface area contributed by atoms with Crippen molar-refractivity contribution in [3.63, 3.8) is 0 Å². The molecular formula is C24H25N5. The second kappa shape index (κ2) is 7.41. The molecule has 0 bridgehead atoms. The minimum Gasteiger partial charge on any atom is -0.324 e. The number of hydrogen-bond donors (Lipinski definition) is 0. The van der Waals surface area contributed by atoms with Crippen LogP contribution < -0.4 is 0 Å². The van der Waals surface area contributed by atoms with Gasteiger partial charge in [-0.2, -0.15) is 0 Å². The van der Waals surface area contributed by atoms with E-state index in [-0.39, 0.29) is 0 Å². The second-order valence-corrected chi connectivity index (χ2v) is 7.97. The fraction of sp³-hybridized carbons (Fsp3) is 0.292. The summed E-state index contributed by atoms with van der Waals surface area (Å²) in [7, 11) is 0. The van der Waals surface area contributed by atoms with Crippen LogP contribution in [0.15, 0.2) is 60.8 Å². The van der Waals surface area contributed by atoms with Gasteiger partial charge in [-0.25, -0.2) is 15.0 Å². The normalized spacial score (nSPS) is 14.4. The van der Waals surface area contributed by atoms with Crippen LogP contribution in [0.3, 0.4) is 0 Å². The predicted octanol–water partition coefficient (Wildman–Crippen LogP) is 4.63. The highest BCUT2D eigenvalue weighted by Crippen LogP contribution is 2.25. The number of fused-ring (bicyclic) bond motifs is 2. The molecule has 29 heavy (non-hydrogen) atoms. The molecule has 5 nitrogen and oxygen atoms in total. The summed E-state index contributed by atoms with van der Waals surface area (Å²) in [5.41, 5.74) is 5.76. The lowest BCUT2D eigenvalue weighted by Gasteiger charge is -2.28. The Bertz CT molecular complexity index is 1150. The zero-order valence-corrected chi connectivity index (χ0v) is 16.9. The third-order valence-corrected chi connectivity index (χ3v) is 5.60. The Morgan fingerprint density at radius 1 is 0.966 bits per heavy atom. The van der Waals surface area contributed by atoms with Gasteiger partial charge in [0.05, 0.1) is 23.3 Å². The zero-order chi connectivity index (χ0) is 19.8. The number of rotatable bonds is 4. The van der Waals surface area contributed by atoms with E-state index in [2.05, 4.69) is 64.7 Å². The summed E-state index contributed by atoms with van der Waals surface area (Å²) in [5, 5.41) is 0. The Morgan fingerprint density at radius 2 is 1.76 bits per heavy atom. The van der Waals surface area contributed by atoms with Crippen LogP contribution in [0.2, 0.25) is 0 Å². The van der Waals surface area contributed by atoms with E-state index in [1.165, 1.54) is 16.8 Å². The second-order valence-electron chi connectivity index (χ2n) is 7.97. The summed E-state index contributed by atoms with van der Waals surface area (Å²) in [6, 6.07) is 19.0. The summed E-state index contributed by atoms with van der Waals surface area (Å²) in [6.07, 6.45) is 2.95. The van der Waals surface area contributed by atoms with Crippen LogP contribution >= 0.6 is 0 Å². The number of benzene rings is 2. The molecule has 0 aliphatic carbocycles. The lowest BCUT2D eigenvalue weighted by Crippen LogP contribution is -2.32. The molecule has 5 heteroatoms. The smallest absolute Gasteiger partial charge is 0.159 e. The molecule has 1 aliphatic rings. The molecule has 3 heterocycles. The van der Waals surface area contributed by atoms with Crippen LogP contribution in [0.1, 0.15) is 37.0 Å². The van der Waals surface area contributed by atoms with Gasteiger partial charge in [-0.1, -0.05) is 42.5 Å². The van der Waals surface area contributed by atoms with Gasteiger partial charge in [-0.3, -0.25) is 4.90 Å². The molecule has 4 aromatic rings. The molecule has 0 N–H and O–H groups in total. The van der Waals surface area contributed by atoms with Crippen LogP contribution in [-0.4, -0.2) is 31.0 Å². The van der Waals surface area contributed by atoms with Gasteiger partial charge in [0, 0.05) is 42.9 Å². The van der Waals surface area contributed by atoms with Gasteiger partial charge in [0.15, 0.2) is 5.82 Å². The molecule has 5 rings (SSSR count). The van der Waals surface area contributed by atoms with E-state index in [0.717, 1.165) is 48.8 Å². The largest absolute Gasteiger partial charge is 0.324 e. The van der Waals surface area contributed by atoms with Gasteiger partial charge in [0.1, 0.15) is 5.82 Å². The molecule has 0 fully saturated rings. The van der Waals surface area contributed by atoms with Crippen molar-refractivity contribution in [1.29, 1.82) is 0 Å². The molecular weight excluding hydrogens is 358 g/mol. The van der Waals surface area contributed by atoms with Crippen LogP contribution in [0.5, 0.6) is 0 Å². The van der Waals surface area contributed by atoms with E-state index in [0.29, 0.717) is 6.04 Å². The lowest BCUT2D eigenvalue weighted by atomic mass is 10.1. The van der Waals surface area contributed by atoms with E-state index in [1.807, 2.05) is 24.4 Å². The number of aromatic nitrogens is 4. The average molecular weight is 383 g/mol. The Kier molecular flexibility index (Phi) is 4.60. The van der Waals surface area contributed by atoms with Crippen LogP contribution in [0.4, 0.5) is 0 Å². The van der Waals surface area contributed by atoms with Crippen molar-refractivity contribution in [2.75, 3.05) is 6.54 Å². The first-order valence-corrected chi connectivity index (χ1v) is 10.3. The highest BCUT2D eigenvalue weighted by atomic mass is 15.2. The topological polar surface area (TPSA) is 46.8 Å². The van der Waals surface area contributed by atoms with E-state index < -0.39 is 0 Å². The van der Waals surface area contributed by atoms with Crippen molar-refractivity contribution in [2.45, 2.75) is 39.4 Å². The lowest BCUT2D eigenvalue weighted by molar-refractivity contribution is 0.233. The maximum atomic E-state index is 4.93. The molecule has 0 radical (unpaired) electrons. The van der Waals surface area contributed by atoms with E-state index in [1.54, 1.807) is 0 Å². The van der Waals surface area contributed by atoms with E-state index >= 15 is 0 Å². The van der Waals surface area contributed by atoms with Crippen molar-refractivity contribution in [3.05, 3.63) is 77.9 Å². The molecule has 2 aromatic heterocycles. The molecule has 0 unspecified atom stereocenters. The molecule has 0 atom stereocenters. The van der Waals surface area contributed by atoms with Gasteiger partial charge in [0.2, 0.25) is 0 Å². The maximum Gasteiger partial charge on any atom is 0.159 e. The Labute approximate surface area is 171 Å². The fourth-order valence-corrected chi connectivity index (χ4v) is 4.22. The standard InChI is InChI=1S/C24H25N5/c1-17(2)29-22-11-7-6-10-21(22)26-23(29)16-28-13-12-20-19(15-28)14-25-24(27-20)18-8-4-3-5-9-18/h3-11,14,17H,12-13,15-16H2,1-2H3. The number of para-hydroxylation sites is 2. The highest BCUT2D eigenvalue weighted by Gasteiger charge is 2.22. The summed E-state index contributed by atoms with van der Waals surface area (Å²) < 4.78 is 2.36. The van der Waals surface area contributed by atoms with Gasteiger partial charge < -0.3 is 4.57 Å². The summed E-state index contributed by atoms with van der Waals surface area (Å²) in [4.78, 5) is 16.9. The quantitative estimate of drug-likeness (QED) is 0.515. The minimum atomic E-state index is 0.381. The van der Waals surface area contributed by atoms with Gasteiger partial charge in [0.25, 0.3) is 0 Å². The molecule has 0 spiro atoms. The third-order valence-electron chi connectivity index (χ3n) is 5.60. The SMILES string of the molecule is CC(C)n1c(CN2CCc3nc(-c4ccccc4)ncc3C2)nc2ccccc21. The first-order valence-electron chi connectivity index (χ1n) is 10.3. The highest BCUT2D eigenvalue weighted by molar-refractivity contribution is 5.76. The van der Waals surface area contributed by atoms with Crippen LogP contribution in [0.25, 0.3) is 22.4 Å². The average Bonchev–Trinajstić information content (AvgIpc) is 3.12. The molecule has 146 valence electrons. The van der Waals surface area contributed by atoms with Gasteiger partial charge >= 0.3 is 0 Å². The first kappa shape index (κ1) is 18.0. The van der Waals surface area contributed by atoms with Crippen LogP contribution in [-0.2, 0) is 19.5 Å². The van der Waals surface area contributed by atoms with E-state index in [9.17, 15) is 0 Å². The van der Waals surface area contributed by atoms with Crippen molar-refractivity contribution in [2.24, 2.45) is 0 Å². The fourth-order valence-electron chi connectivity index (χ4n) is 4.22. The summed E-state index contributed by atoms with van der Waals surface area (Å²) >= 11 is 0. The molecule has 0 amide bonds. The molecule has 2 aromatic carbocycles. The summed E-state index contributed by atoms with van der Waals surface area (Å²) in [5.74, 6) is 1.95. The Hall–Kier alpha value is -3.05. The van der Waals surface area contributed by atoms with Crippen LogP contribution in [0, 0.1) is 0 Å². The van der Waals surface area contributed by atoms with E-state index in [4.69, 9.17) is 9.97 Å². The van der Waals surface area contributed by atoms with Crippen molar-refractivity contribution in [1.82, 2.24) is 24.4 Å². The summed E-state index contributed by atoms with van der Waals surface area (Å²) in [6.45, 7) is 7.14. The molecule has 0 saturated heterocycles. The number of imidazole rings is 1. The Balaban J connectivity index is 1.39. The van der Waals surface area contributed by atoms with Crippen molar-refractivity contribution < 1.29 is 0 Å². The molecule has 1 aliphatic heterocycles. The monoisotopic (exact) mass is 383 g/mol. The van der Waals surface area contributed by atoms with Gasteiger partial charge in [-0.05, 0) is 26.0 Å². The maximum absolute atomic E-state index is 4.93. The predicted molar refractivity (Wildman–Crippen MR) is 115 cm³/mol. The molecule has 0 saturated carbocycles.